The number of esters is 1. The molecule has 0 aliphatic rings. The van der Waals surface area contributed by atoms with Crippen LogP contribution in [0.1, 0.15) is 62.7 Å². The molecule has 0 saturated heterocycles. The van der Waals surface area contributed by atoms with E-state index in [2.05, 4.69) is 26.0 Å². The van der Waals surface area contributed by atoms with Crippen LogP contribution in [-0.2, 0) is 4.74 Å². The Bertz CT molecular complexity index is 693. The van der Waals surface area contributed by atoms with Crippen LogP contribution in [-0.4, -0.2) is 5.97 Å². The first kappa shape index (κ1) is 20.3. The van der Waals surface area contributed by atoms with Crippen molar-refractivity contribution in [3.63, 3.8) is 0 Å². The largest absolute Gasteiger partial charge is 0.427 e. The molecule has 0 spiro atoms. The van der Waals surface area contributed by atoms with Crippen molar-refractivity contribution in [2.75, 3.05) is 0 Å². The highest BCUT2D eigenvalue weighted by molar-refractivity contribution is 8.03. The number of rotatable bonds is 10. The lowest BCUT2D eigenvalue weighted by atomic mass is 10.1. The summed E-state index contributed by atoms with van der Waals surface area (Å²) in [6.07, 6.45) is 6.04. The van der Waals surface area contributed by atoms with Gasteiger partial charge in [0.1, 0.15) is 5.76 Å². The van der Waals surface area contributed by atoms with Crippen molar-refractivity contribution in [3.8, 4) is 0 Å². The number of unbranched alkanes of at least 4 members (excludes halogenated alkanes) is 2. The quantitative estimate of drug-likeness (QED) is 0.251. The number of allylic oxidation sites excluding steroid dienone is 2. The lowest BCUT2D eigenvalue weighted by Crippen LogP contribution is -2.07. The molecule has 0 bridgehead atoms. The first-order chi connectivity index (χ1) is 12.7. The summed E-state index contributed by atoms with van der Waals surface area (Å²) < 4.78 is 5.89. The number of thioether (sulfide) groups is 1. The molecule has 2 aromatic carbocycles. The normalized spacial score (nSPS) is 11.8. The Morgan fingerprint density at radius 3 is 2.04 bits per heavy atom. The fraction of sp³-hybridized carbons (Fsp3) is 0.348. The van der Waals surface area contributed by atoms with E-state index in [4.69, 9.17) is 4.74 Å². The summed E-state index contributed by atoms with van der Waals surface area (Å²) in [5, 5.41) is 0. The van der Waals surface area contributed by atoms with Crippen LogP contribution in [0.15, 0.2) is 76.2 Å². The summed E-state index contributed by atoms with van der Waals surface area (Å²) >= 11 is 1.73. The van der Waals surface area contributed by atoms with E-state index < -0.39 is 0 Å². The topological polar surface area (TPSA) is 26.3 Å². The first-order valence-electron chi connectivity index (χ1n) is 9.46. The van der Waals surface area contributed by atoms with Crippen molar-refractivity contribution in [1.82, 2.24) is 0 Å². The van der Waals surface area contributed by atoms with E-state index in [1.165, 1.54) is 9.80 Å². The minimum absolute atomic E-state index is 0.264. The van der Waals surface area contributed by atoms with Gasteiger partial charge >= 0.3 is 5.97 Å². The minimum atomic E-state index is -0.264. The summed E-state index contributed by atoms with van der Waals surface area (Å²) in [4.78, 5) is 14.9. The molecule has 0 amide bonds. The van der Waals surface area contributed by atoms with E-state index in [0.29, 0.717) is 5.56 Å². The van der Waals surface area contributed by atoms with Gasteiger partial charge in [-0.2, -0.15) is 0 Å². The fourth-order valence-corrected chi connectivity index (χ4v) is 3.63. The predicted octanol–water partition coefficient (Wildman–Crippen LogP) is 7.23. The molecule has 3 heteroatoms. The van der Waals surface area contributed by atoms with Crippen LogP contribution in [0.25, 0.3) is 0 Å². The Balaban J connectivity index is 2.27. The van der Waals surface area contributed by atoms with E-state index >= 15 is 0 Å². The molecule has 0 aliphatic heterocycles. The number of hydrogen-bond donors (Lipinski definition) is 0. The summed E-state index contributed by atoms with van der Waals surface area (Å²) in [6, 6.07) is 19.6. The molecule has 0 N–H and O–H groups in total. The summed E-state index contributed by atoms with van der Waals surface area (Å²) in [7, 11) is 0. The smallest absolute Gasteiger partial charge is 0.343 e. The molecule has 2 aromatic rings. The van der Waals surface area contributed by atoms with Crippen LogP contribution < -0.4 is 0 Å². The van der Waals surface area contributed by atoms with Gasteiger partial charge in [-0.3, -0.25) is 0 Å². The van der Waals surface area contributed by atoms with Crippen molar-refractivity contribution in [1.29, 1.82) is 0 Å². The van der Waals surface area contributed by atoms with Crippen molar-refractivity contribution >= 4 is 17.7 Å². The molecule has 0 atom stereocenters. The highest BCUT2D eigenvalue weighted by Gasteiger charge is 2.15. The van der Waals surface area contributed by atoms with Gasteiger partial charge in [-0.15, -0.1) is 0 Å². The SMILES string of the molecule is CCCC/C(OC(=O)c1ccccc1)=C(/CCCC)Sc1ccccc1. The van der Waals surface area contributed by atoms with E-state index in [-0.39, 0.29) is 5.97 Å². The number of carbonyl (C=O) groups excluding carboxylic acids is 1. The second-order valence-corrected chi connectivity index (χ2v) is 7.39. The number of ether oxygens (including phenoxy) is 1. The van der Waals surface area contributed by atoms with Crippen molar-refractivity contribution in [3.05, 3.63) is 76.9 Å². The average Bonchev–Trinajstić information content (AvgIpc) is 2.69. The molecule has 0 unspecified atom stereocenters. The first-order valence-corrected chi connectivity index (χ1v) is 10.3. The Kier molecular flexibility index (Phi) is 9.05. The lowest BCUT2D eigenvalue weighted by molar-refractivity contribution is 0.0610. The fourth-order valence-electron chi connectivity index (χ4n) is 2.55. The number of benzene rings is 2. The second-order valence-electron chi connectivity index (χ2n) is 6.22. The third-order valence-electron chi connectivity index (χ3n) is 4.04. The van der Waals surface area contributed by atoms with Crippen LogP contribution in [0.2, 0.25) is 0 Å². The predicted molar refractivity (Wildman–Crippen MR) is 110 cm³/mol. The number of hydrogen-bond acceptors (Lipinski definition) is 3. The molecule has 0 aliphatic carbocycles. The minimum Gasteiger partial charge on any atom is -0.427 e. The van der Waals surface area contributed by atoms with E-state index in [1.807, 2.05) is 36.4 Å². The Morgan fingerprint density at radius 1 is 0.846 bits per heavy atom. The molecule has 0 aromatic heterocycles. The number of carbonyl (C=O) groups is 1. The van der Waals surface area contributed by atoms with Crippen LogP contribution >= 0.6 is 11.8 Å². The summed E-state index contributed by atoms with van der Waals surface area (Å²) in [5.74, 6) is 0.572. The molecule has 0 heterocycles. The standard InChI is InChI=1S/C23H28O2S/c1-3-5-17-21(25-23(24)19-13-9-7-10-14-19)22(18-6-4-2)26-20-15-11-8-12-16-20/h7-16H,3-6,17-18H2,1-2H3/b22-21+. The molecular formula is C23H28O2S. The highest BCUT2D eigenvalue weighted by Crippen LogP contribution is 2.35. The zero-order valence-corrected chi connectivity index (χ0v) is 16.6. The van der Waals surface area contributed by atoms with Gasteiger partial charge in [-0.25, -0.2) is 4.79 Å². The van der Waals surface area contributed by atoms with Gasteiger partial charge in [0, 0.05) is 16.2 Å². The van der Waals surface area contributed by atoms with Gasteiger partial charge in [-0.1, -0.05) is 74.8 Å². The van der Waals surface area contributed by atoms with Crippen LogP contribution in [0.4, 0.5) is 0 Å². The summed E-state index contributed by atoms with van der Waals surface area (Å²) in [6.45, 7) is 4.35. The monoisotopic (exact) mass is 368 g/mol. The van der Waals surface area contributed by atoms with Gasteiger partial charge in [0.25, 0.3) is 0 Å². The highest BCUT2D eigenvalue weighted by atomic mass is 32.2. The van der Waals surface area contributed by atoms with E-state index in [9.17, 15) is 4.79 Å². The molecule has 0 fully saturated rings. The third kappa shape index (κ3) is 6.72. The molecule has 26 heavy (non-hydrogen) atoms. The zero-order chi connectivity index (χ0) is 18.6. The van der Waals surface area contributed by atoms with Crippen molar-refractivity contribution < 1.29 is 9.53 Å². The molecule has 138 valence electrons. The van der Waals surface area contributed by atoms with Crippen molar-refractivity contribution in [2.45, 2.75) is 57.3 Å². The lowest BCUT2D eigenvalue weighted by Gasteiger charge is -2.15. The van der Waals surface area contributed by atoms with E-state index in [0.717, 1.165) is 44.3 Å². The maximum Gasteiger partial charge on any atom is 0.343 e. The second kappa shape index (κ2) is 11.6. The zero-order valence-electron chi connectivity index (χ0n) is 15.7. The Labute approximate surface area is 161 Å². The van der Waals surface area contributed by atoms with Gasteiger partial charge in [-0.05, 0) is 43.5 Å². The van der Waals surface area contributed by atoms with Crippen LogP contribution in [0.3, 0.4) is 0 Å². The van der Waals surface area contributed by atoms with Gasteiger partial charge in [0.05, 0.1) is 5.56 Å². The van der Waals surface area contributed by atoms with Gasteiger partial charge in [0.2, 0.25) is 0 Å². The maximum atomic E-state index is 12.6. The van der Waals surface area contributed by atoms with E-state index in [1.54, 1.807) is 23.9 Å². The third-order valence-corrected chi connectivity index (χ3v) is 5.22. The van der Waals surface area contributed by atoms with Crippen molar-refractivity contribution in [2.24, 2.45) is 0 Å². The van der Waals surface area contributed by atoms with Gasteiger partial charge < -0.3 is 4.74 Å². The molecule has 2 nitrogen and oxygen atoms in total. The molecule has 2 rings (SSSR count). The summed E-state index contributed by atoms with van der Waals surface area (Å²) in [5.41, 5.74) is 0.598. The van der Waals surface area contributed by atoms with Crippen LogP contribution in [0, 0.1) is 0 Å². The maximum absolute atomic E-state index is 12.6. The van der Waals surface area contributed by atoms with Gasteiger partial charge in [0.15, 0.2) is 0 Å². The molecule has 0 radical (unpaired) electrons. The molecular weight excluding hydrogens is 340 g/mol. The Hall–Kier alpha value is -2.00. The Morgan fingerprint density at radius 2 is 1.42 bits per heavy atom. The average molecular weight is 369 g/mol. The van der Waals surface area contributed by atoms with Crippen LogP contribution in [0.5, 0.6) is 0 Å². The molecule has 0 saturated carbocycles.